The van der Waals surface area contributed by atoms with Crippen molar-refractivity contribution in [1.82, 2.24) is 9.97 Å². The highest BCUT2D eigenvalue weighted by molar-refractivity contribution is 6.29. The molecule has 4 heteroatoms. The Labute approximate surface area is 133 Å². The average Bonchev–Trinajstić information content (AvgIpc) is 2.64. The Morgan fingerprint density at radius 1 is 1.14 bits per heavy atom. The molecule has 1 aromatic rings. The highest BCUT2D eigenvalue weighted by atomic mass is 35.5. The van der Waals surface area contributed by atoms with Gasteiger partial charge in [0.05, 0.1) is 5.69 Å². The van der Waals surface area contributed by atoms with Gasteiger partial charge in [-0.25, -0.2) is 9.97 Å². The molecule has 3 nitrogen and oxygen atoms in total. The fraction of sp³-hybridized carbons (Fsp3) is 0.765. The number of nitrogens with zero attached hydrogens (tertiary/aromatic N) is 2. The average molecular weight is 311 g/mol. The highest BCUT2D eigenvalue weighted by Crippen LogP contribution is 2.39. The van der Waals surface area contributed by atoms with Crippen LogP contribution in [0.5, 0.6) is 0 Å². The fourth-order valence-electron chi connectivity index (χ4n) is 3.01. The van der Waals surface area contributed by atoms with Crippen LogP contribution in [-0.4, -0.2) is 16.6 Å². The Morgan fingerprint density at radius 3 is 2.29 bits per heavy atom. The molecule has 2 rings (SSSR count). The molecule has 1 aliphatic rings. The maximum Gasteiger partial charge on any atom is 0.162 e. The van der Waals surface area contributed by atoms with E-state index >= 15 is 0 Å². The summed E-state index contributed by atoms with van der Waals surface area (Å²) in [6, 6.07) is 1.88. The van der Waals surface area contributed by atoms with Gasteiger partial charge < -0.3 is 4.74 Å². The number of hydrogen-bond acceptors (Lipinski definition) is 3. The molecule has 0 unspecified atom stereocenters. The Hall–Kier alpha value is -0.670. The SMILES string of the molecule is CCOC1(c2nc(Cl)cc(C(C)(C)C)n2)CCCCCC1. The molecular formula is C17H27ClN2O. The molecule has 1 aromatic heterocycles. The van der Waals surface area contributed by atoms with Gasteiger partial charge >= 0.3 is 0 Å². The van der Waals surface area contributed by atoms with Gasteiger partial charge in [0.25, 0.3) is 0 Å². The molecule has 0 bridgehead atoms. The first-order valence-corrected chi connectivity index (χ1v) is 8.45. The van der Waals surface area contributed by atoms with Gasteiger partial charge in [-0.1, -0.05) is 58.1 Å². The van der Waals surface area contributed by atoms with Gasteiger partial charge in [0.2, 0.25) is 0 Å². The van der Waals surface area contributed by atoms with Crippen molar-refractivity contribution in [2.45, 2.75) is 77.2 Å². The molecule has 1 aliphatic carbocycles. The lowest BCUT2D eigenvalue weighted by atomic mass is 9.90. The van der Waals surface area contributed by atoms with E-state index in [4.69, 9.17) is 21.3 Å². The van der Waals surface area contributed by atoms with Crippen molar-refractivity contribution in [3.05, 3.63) is 22.7 Å². The first-order chi connectivity index (χ1) is 9.87. The maximum atomic E-state index is 6.27. The zero-order valence-corrected chi connectivity index (χ0v) is 14.5. The predicted octanol–water partition coefficient (Wildman–Crippen LogP) is 5.01. The topological polar surface area (TPSA) is 35.0 Å². The van der Waals surface area contributed by atoms with Crippen molar-refractivity contribution in [3.63, 3.8) is 0 Å². The number of hydrogen-bond donors (Lipinski definition) is 0. The number of aromatic nitrogens is 2. The zero-order chi connectivity index (χ0) is 15.5. The van der Waals surface area contributed by atoms with E-state index in [-0.39, 0.29) is 11.0 Å². The van der Waals surface area contributed by atoms with Gasteiger partial charge in [0.1, 0.15) is 10.8 Å². The second-order valence-corrected chi connectivity index (χ2v) is 7.38. The van der Waals surface area contributed by atoms with E-state index in [9.17, 15) is 0 Å². The molecule has 0 aliphatic heterocycles. The van der Waals surface area contributed by atoms with Crippen LogP contribution in [0.3, 0.4) is 0 Å². The van der Waals surface area contributed by atoms with Crippen molar-refractivity contribution in [2.24, 2.45) is 0 Å². The van der Waals surface area contributed by atoms with Gasteiger partial charge in [0.15, 0.2) is 5.82 Å². The Morgan fingerprint density at radius 2 is 1.76 bits per heavy atom. The summed E-state index contributed by atoms with van der Waals surface area (Å²) in [6.45, 7) is 9.17. The van der Waals surface area contributed by atoms with Crippen molar-refractivity contribution >= 4 is 11.6 Å². The molecule has 0 aromatic carbocycles. The Balaban J connectivity index is 2.46. The normalized spacial score (nSPS) is 19.3. The van der Waals surface area contributed by atoms with Crippen molar-refractivity contribution in [3.8, 4) is 0 Å². The van der Waals surface area contributed by atoms with E-state index in [0.717, 1.165) is 24.4 Å². The third-order valence-electron chi connectivity index (χ3n) is 4.20. The van der Waals surface area contributed by atoms with Crippen LogP contribution in [0.25, 0.3) is 0 Å². The van der Waals surface area contributed by atoms with Crippen LogP contribution in [-0.2, 0) is 15.8 Å². The summed E-state index contributed by atoms with van der Waals surface area (Å²) in [4.78, 5) is 9.37. The second kappa shape index (κ2) is 6.62. The molecule has 118 valence electrons. The molecule has 0 N–H and O–H groups in total. The molecule has 1 fully saturated rings. The number of halogens is 1. The highest BCUT2D eigenvalue weighted by Gasteiger charge is 2.37. The first kappa shape index (κ1) is 16.7. The summed E-state index contributed by atoms with van der Waals surface area (Å²) in [5.41, 5.74) is 0.594. The van der Waals surface area contributed by atoms with Crippen LogP contribution in [0.4, 0.5) is 0 Å². The lowest BCUT2D eigenvalue weighted by molar-refractivity contribution is -0.0626. The minimum Gasteiger partial charge on any atom is -0.367 e. The quantitative estimate of drug-likeness (QED) is 0.581. The van der Waals surface area contributed by atoms with Gasteiger partial charge in [-0.2, -0.15) is 0 Å². The van der Waals surface area contributed by atoms with E-state index < -0.39 is 0 Å². The van der Waals surface area contributed by atoms with Crippen LogP contribution < -0.4 is 0 Å². The number of rotatable bonds is 3. The van der Waals surface area contributed by atoms with E-state index in [1.165, 1.54) is 25.7 Å². The monoisotopic (exact) mass is 310 g/mol. The van der Waals surface area contributed by atoms with E-state index in [1.54, 1.807) is 0 Å². The van der Waals surface area contributed by atoms with Crippen molar-refractivity contribution < 1.29 is 4.74 Å². The van der Waals surface area contributed by atoms with Gasteiger partial charge in [0, 0.05) is 12.0 Å². The van der Waals surface area contributed by atoms with Crippen LogP contribution in [0.2, 0.25) is 5.15 Å². The van der Waals surface area contributed by atoms with E-state index in [0.29, 0.717) is 11.8 Å². The number of ether oxygens (including phenoxy) is 1. The molecule has 0 spiro atoms. The standard InChI is InChI=1S/C17H27ClN2O/c1-5-21-17(10-8-6-7-9-11-17)15-19-13(16(2,3)4)12-14(18)20-15/h12H,5-11H2,1-4H3. The van der Waals surface area contributed by atoms with E-state index in [2.05, 4.69) is 25.8 Å². The molecule has 0 atom stereocenters. The fourth-order valence-corrected chi connectivity index (χ4v) is 3.20. The summed E-state index contributed by atoms with van der Waals surface area (Å²) in [5, 5.41) is 0.522. The molecule has 0 saturated heterocycles. The van der Waals surface area contributed by atoms with Gasteiger partial charge in [-0.3, -0.25) is 0 Å². The zero-order valence-electron chi connectivity index (χ0n) is 13.7. The molecule has 0 amide bonds. The van der Waals surface area contributed by atoms with Gasteiger partial charge in [-0.15, -0.1) is 0 Å². The van der Waals surface area contributed by atoms with Crippen LogP contribution in [0, 0.1) is 0 Å². The summed E-state index contributed by atoms with van der Waals surface area (Å²) in [6.07, 6.45) is 6.85. The lowest BCUT2D eigenvalue weighted by Crippen LogP contribution is -2.33. The minimum atomic E-state index is -0.351. The van der Waals surface area contributed by atoms with E-state index in [1.807, 2.05) is 13.0 Å². The molecular weight excluding hydrogens is 284 g/mol. The molecule has 1 saturated carbocycles. The Bertz CT molecular complexity index is 474. The lowest BCUT2D eigenvalue weighted by Gasteiger charge is -2.32. The minimum absolute atomic E-state index is 0.0422. The summed E-state index contributed by atoms with van der Waals surface area (Å²) >= 11 is 6.27. The third kappa shape index (κ3) is 3.95. The maximum absolute atomic E-state index is 6.27. The van der Waals surface area contributed by atoms with Gasteiger partial charge in [-0.05, 0) is 25.8 Å². The summed E-state index contributed by atoms with van der Waals surface area (Å²) < 4.78 is 6.18. The predicted molar refractivity (Wildman–Crippen MR) is 86.7 cm³/mol. The first-order valence-electron chi connectivity index (χ1n) is 8.07. The van der Waals surface area contributed by atoms with Crippen LogP contribution in [0.1, 0.15) is 77.7 Å². The summed E-state index contributed by atoms with van der Waals surface area (Å²) in [7, 11) is 0. The Kier molecular flexibility index (Phi) is 5.26. The third-order valence-corrected chi connectivity index (χ3v) is 4.40. The smallest absolute Gasteiger partial charge is 0.162 e. The molecule has 21 heavy (non-hydrogen) atoms. The summed E-state index contributed by atoms with van der Waals surface area (Å²) in [5.74, 6) is 0.781. The second-order valence-electron chi connectivity index (χ2n) is 6.99. The molecule has 0 radical (unpaired) electrons. The van der Waals surface area contributed by atoms with Crippen molar-refractivity contribution in [2.75, 3.05) is 6.61 Å². The van der Waals surface area contributed by atoms with Crippen LogP contribution in [0.15, 0.2) is 6.07 Å². The van der Waals surface area contributed by atoms with Crippen LogP contribution >= 0.6 is 11.6 Å². The largest absolute Gasteiger partial charge is 0.367 e. The molecule has 1 heterocycles. The van der Waals surface area contributed by atoms with Crippen molar-refractivity contribution in [1.29, 1.82) is 0 Å².